The zero-order chi connectivity index (χ0) is 17.9. The van der Waals surface area contributed by atoms with Gasteiger partial charge in [-0.15, -0.1) is 0 Å². The molecule has 2 aromatic rings. The van der Waals surface area contributed by atoms with Crippen LogP contribution in [0.4, 0.5) is 0 Å². The van der Waals surface area contributed by atoms with Gasteiger partial charge in [-0.05, 0) is 29.3 Å². The molecule has 0 radical (unpaired) electrons. The van der Waals surface area contributed by atoms with E-state index in [2.05, 4.69) is 5.32 Å². The second-order valence-electron chi connectivity index (χ2n) is 5.30. The van der Waals surface area contributed by atoms with Crippen LogP contribution in [-0.4, -0.2) is 32.1 Å². The van der Waals surface area contributed by atoms with E-state index in [1.54, 1.807) is 37.5 Å². The third-order valence-electron chi connectivity index (χ3n) is 3.40. The fourth-order valence-electron chi connectivity index (χ4n) is 2.06. The molecule has 0 spiro atoms. The largest absolute Gasteiger partial charge is 0.458 e. The van der Waals surface area contributed by atoms with E-state index in [9.17, 15) is 9.59 Å². The number of methoxy groups -OCH3 is 1. The van der Waals surface area contributed by atoms with Crippen LogP contribution < -0.4 is 5.32 Å². The van der Waals surface area contributed by atoms with Gasteiger partial charge in [-0.2, -0.15) is 0 Å². The number of esters is 1. The zero-order valence-corrected chi connectivity index (χ0v) is 14.1. The Morgan fingerprint density at radius 3 is 2.44 bits per heavy atom. The first-order valence-corrected chi connectivity index (χ1v) is 7.95. The number of ether oxygens (including phenoxy) is 2. The van der Waals surface area contributed by atoms with E-state index in [0.717, 1.165) is 11.1 Å². The van der Waals surface area contributed by atoms with E-state index in [1.807, 2.05) is 30.3 Å². The number of amides is 1. The molecule has 0 unspecified atom stereocenters. The molecule has 0 heterocycles. The van der Waals surface area contributed by atoms with E-state index >= 15 is 0 Å². The molecular formula is C20H21NO4. The number of nitrogens with one attached hydrogen (secondary N) is 1. The van der Waals surface area contributed by atoms with E-state index < -0.39 is 5.97 Å². The minimum atomic E-state index is -0.412. The van der Waals surface area contributed by atoms with Crippen LogP contribution in [0.15, 0.2) is 60.7 Å². The van der Waals surface area contributed by atoms with Gasteiger partial charge in [0, 0.05) is 25.3 Å². The molecule has 0 saturated heterocycles. The van der Waals surface area contributed by atoms with Crippen molar-refractivity contribution < 1.29 is 19.1 Å². The van der Waals surface area contributed by atoms with Crippen molar-refractivity contribution in [3.8, 4) is 0 Å². The summed E-state index contributed by atoms with van der Waals surface area (Å²) >= 11 is 0. The second-order valence-corrected chi connectivity index (χ2v) is 5.30. The van der Waals surface area contributed by atoms with Gasteiger partial charge in [0.1, 0.15) is 6.61 Å². The highest BCUT2D eigenvalue weighted by Crippen LogP contribution is 2.07. The molecule has 5 nitrogen and oxygen atoms in total. The van der Waals surface area contributed by atoms with Crippen molar-refractivity contribution in [1.29, 1.82) is 0 Å². The van der Waals surface area contributed by atoms with Crippen LogP contribution in [-0.2, 0) is 20.9 Å². The quantitative estimate of drug-likeness (QED) is 0.456. The molecular weight excluding hydrogens is 318 g/mol. The highest BCUT2D eigenvalue weighted by molar-refractivity contribution is 5.94. The minimum absolute atomic E-state index is 0.158. The molecule has 0 aliphatic carbocycles. The lowest BCUT2D eigenvalue weighted by atomic mass is 10.1. The fourth-order valence-corrected chi connectivity index (χ4v) is 2.06. The van der Waals surface area contributed by atoms with E-state index in [1.165, 1.54) is 6.08 Å². The highest BCUT2D eigenvalue weighted by Gasteiger charge is 2.04. The highest BCUT2D eigenvalue weighted by atomic mass is 16.5. The van der Waals surface area contributed by atoms with Crippen molar-refractivity contribution in [1.82, 2.24) is 5.32 Å². The van der Waals surface area contributed by atoms with Crippen LogP contribution in [0.1, 0.15) is 21.5 Å². The average Bonchev–Trinajstić information content (AvgIpc) is 2.66. The van der Waals surface area contributed by atoms with Gasteiger partial charge in [0.15, 0.2) is 0 Å². The standard InChI is InChI=1S/C20H21NO4/c1-24-14-13-21-20(23)18-10-7-16(8-11-18)9-12-19(22)25-15-17-5-3-2-4-6-17/h2-12H,13-15H2,1H3,(H,21,23)/b12-9+. The molecule has 2 rings (SSSR count). The summed E-state index contributed by atoms with van der Waals surface area (Å²) in [5, 5.41) is 2.75. The molecule has 0 aromatic heterocycles. The third-order valence-corrected chi connectivity index (χ3v) is 3.40. The molecule has 0 atom stereocenters. The minimum Gasteiger partial charge on any atom is -0.458 e. The predicted octanol–water partition coefficient (Wildman–Crippen LogP) is 2.82. The molecule has 0 saturated carbocycles. The number of hydrogen-bond acceptors (Lipinski definition) is 4. The second kappa shape index (κ2) is 10.1. The Morgan fingerprint density at radius 1 is 1.04 bits per heavy atom. The normalized spacial score (nSPS) is 10.6. The number of hydrogen-bond donors (Lipinski definition) is 1. The van der Waals surface area contributed by atoms with Crippen LogP contribution in [0.3, 0.4) is 0 Å². The van der Waals surface area contributed by atoms with E-state index in [-0.39, 0.29) is 12.5 Å². The summed E-state index contributed by atoms with van der Waals surface area (Å²) in [4.78, 5) is 23.6. The summed E-state index contributed by atoms with van der Waals surface area (Å²) in [5.74, 6) is -0.569. The molecule has 5 heteroatoms. The maximum atomic E-state index is 11.9. The molecule has 0 bridgehead atoms. The van der Waals surface area contributed by atoms with E-state index in [0.29, 0.717) is 18.7 Å². The Kier molecular flexibility index (Phi) is 7.41. The fraction of sp³-hybridized carbons (Fsp3) is 0.200. The Hall–Kier alpha value is -2.92. The lowest BCUT2D eigenvalue weighted by Gasteiger charge is -2.04. The maximum Gasteiger partial charge on any atom is 0.331 e. The van der Waals surface area contributed by atoms with Gasteiger partial charge in [0.05, 0.1) is 6.61 Å². The molecule has 0 aliphatic heterocycles. The van der Waals surface area contributed by atoms with Crippen molar-refractivity contribution >= 4 is 18.0 Å². The van der Waals surface area contributed by atoms with Crippen molar-refractivity contribution in [3.05, 3.63) is 77.4 Å². The first kappa shape index (κ1) is 18.4. The predicted molar refractivity (Wildman–Crippen MR) is 95.9 cm³/mol. The average molecular weight is 339 g/mol. The summed E-state index contributed by atoms with van der Waals surface area (Å²) in [6.45, 7) is 1.17. The van der Waals surface area contributed by atoms with Gasteiger partial charge in [-0.25, -0.2) is 4.79 Å². The zero-order valence-electron chi connectivity index (χ0n) is 14.1. The van der Waals surface area contributed by atoms with E-state index in [4.69, 9.17) is 9.47 Å². The number of carbonyl (C=O) groups excluding carboxylic acids is 2. The molecule has 0 aliphatic rings. The van der Waals surface area contributed by atoms with Gasteiger partial charge in [-0.1, -0.05) is 42.5 Å². The summed E-state index contributed by atoms with van der Waals surface area (Å²) in [6, 6.07) is 16.4. The van der Waals surface area contributed by atoms with Gasteiger partial charge in [-0.3, -0.25) is 4.79 Å². The van der Waals surface area contributed by atoms with Gasteiger partial charge in [0.25, 0.3) is 5.91 Å². The molecule has 25 heavy (non-hydrogen) atoms. The third kappa shape index (κ3) is 6.61. The maximum absolute atomic E-state index is 11.9. The summed E-state index contributed by atoms with van der Waals surface area (Å²) < 4.78 is 10.0. The van der Waals surface area contributed by atoms with Crippen molar-refractivity contribution in [2.45, 2.75) is 6.61 Å². The van der Waals surface area contributed by atoms with Crippen molar-refractivity contribution in [3.63, 3.8) is 0 Å². The van der Waals surface area contributed by atoms with Crippen LogP contribution in [0.25, 0.3) is 6.08 Å². The van der Waals surface area contributed by atoms with Gasteiger partial charge < -0.3 is 14.8 Å². The lowest BCUT2D eigenvalue weighted by molar-refractivity contribution is -0.138. The Bertz CT molecular complexity index is 708. The molecule has 130 valence electrons. The smallest absolute Gasteiger partial charge is 0.331 e. The monoisotopic (exact) mass is 339 g/mol. The first-order chi connectivity index (χ1) is 12.2. The molecule has 1 amide bonds. The summed E-state index contributed by atoms with van der Waals surface area (Å²) in [5.41, 5.74) is 2.30. The Labute approximate surface area is 147 Å². The number of benzene rings is 2. The number of rotatable bonds is 8. The first-order valence-electron chi connectivity index (χ1n) is 7.95. The van der Waals surface area contributed by atoms with Crippen LogP contribution >= 0.6 is 0 Å². The molecule has 1 N–H and O–H groups in total. The molecule has 0 fully saturated rings. The summed E-state index contributed by atoms with van der Waals surface area (Å²) in [6.07, 6.45) is 3.02. The lowest BCUT2D eigenvalue weighted by Crippen LogP contribution is -2.26. The Morgan fingerprint density at radius 2 is 1.76 bits per heavy atom. The van der Waals surface area contributed by atoms with Gasteiger partial charge >= 0.3 is 5.97 Å². The summed E-state index contributed by atoms with van der Waals surface area (Å²) in [7, 11) is 1.58. The van der Waals surface area contributed by atoms with Crippen LogP contribution in [0.5, 0.6) is 0 Å². The van der Waals surface area contributed by atoms with Crippen molar-refractivity contribution in [2.75, 3.05) is 20.3 Å². The number of carbonyl (C=O) groups is 2. The van der Waals surface area contributed by atoms with Crippen LogP contribution in [0, 0.1) is 0 Å². The van der Waals surface area contributed by atoms with Crippen molar-refractivity contribution in [2.24, 2.45) is 0 Å². The molecule has 2 aromatic carbocycles. The Balaban J connectivity index is 1.82. The SMILES string of the molecule is COCCNC(=O)c1ccc(/C=C/C(=O)OCc2ccccc2)cc1. The van der Waals surface area contributed by atoms with Crippen LogP contribution in [0.2, 0.25) is 0 Å². The van der Waals surface area contributed by atoms with Gasteiger partial charge in [0.2, 0.25) is 0 Å². The topological polar surface area (TPSA) is 64.6 Å².